The minimum absolute atomic E-state index is 0.0873. The minimum atomic E-state index is -0.290. The molecule has 0 saturated carbocycles. The van der Waals surface area contributed by atoms with Gasteiger partial charge >= 0.3 is 0 Å². The number of alkyl halides is 1. The quantitative estimate of drug-likeness (QED) is 0.564. The highest BCUT2D eigenvalue weighted by Gasteiger charge is 2.13. The second-order valence-electron chi connectivity index (χ2n) is 3.00. The van der Waals surface area contributed by atoms with Crippen LogP contribution < -0.4 is 0 Å². The summed E-state index contributed by atoms with van der Waals surface area (Å²) in [5.41, 5.74) is 2.31. The van der Waals surface area contributed by atoms with Gasteiger partial charge in [-0.1, -0.05) is 12.1 Å². The molecular formula is C10H8ClNO2. The van der Waals surface area contributed by atoms with Crippen molar-refractivity contribution in [3.63, 3.8) is 0 Å². The lowest BCUT2D eigenvalue weighted by Gasteiger charge is -1.89. The first-order valence-corrected chi connectivity index (χ1v) is 4.71. The van der Waals surface area contributed by atoms with Crippen molar-refractivity contribution in [2.24, 2.45) is 0 Å². The van der Waals surface area contributed by atoms with E-state index in [-0.39, 0.29) is 17.6 Å². The summed E-state index contributed by atoms with van der Waals surface area (Å²) in [6.45, 7) is 1.91. The first kappa shape index (κ1) is 9.21. The van der Waals surface area contributed by atoms with Gasteiger partial charge in [-0.2, -0.15) is 0 Å². The van der Waals surface area contributed by atoms with Gasteiger partial charge in [0.1, 0.15) is 5.52 Å². The Kier molecular flexibility index (Phi) is 2.25. The molecule has 0 radical (unpaired) electrons. The van der Waals surface area contributed by atoms with E-state index in [9.17, 15) is 4.79 Å². The van der Waals surface area contributed by atoms with E-state index < -0.39 is 0 Å². The third-order valence-corrected chi connectivity index (χ3v) is 2.21. The molecule has 1 aromatic carbocycles. The maximum atomic E-state index is 11.2. The van der Waals surface area contributed by atoms with Gasteiger partial charge in [-0.25, -0.2) is 4.98 Å². The summed E-state index contributed by atoms with van der Waals surface area (Å²) in [6, 6.07) is 5.58. The predicted octanol–water partition coefficient (Wildman–Crippen LogP) is 2.56. The SMILES string of the molecule is Cc1cccc2nc(C(=O)CCl)oc12. The highest BCUT2D eigenvalue weighted by atomic mass is 35.5. The van der Waals surface area contributed by atoms with Crippen LogP contribution in [0.3, 0.4) is 0 Å². The third-order valence-electron chi connectivity index (χ3n) is 1.97. The van der Waals surface area contributed by atoms with Crippen LogP contribution in [0.25, 0.3) is 11.1 Å². The number of benzene rings is 1. The number of carbonyl (C=O) groups is 1. The fraction of sp³-hybridized carbons (Fsp3) is 0.200. The van der Waals surface area contributed by atoms with Crippen molar-refractivity contribution >= 4 is 28.5 Å². The predicted molar refractivity (Wildman–Crippen MR) is 53.8 cm³/mol. The summed E-state index contributed by atoms with van der Waals surface area (Å²) < 4.78 is 5.31. The molecule has 0 aliphatic rings. The van der Waals surface area contributed by atoms with E-state index in [0.29, 0.717) is 11.1 Å². The molecule has 0 aliphatic heterocycles. The zero-order chi connectivity index (χ0) is 10.1. The highest BCUT2D eigenvalue weighted by molar-refractivity contribution is 6.29. The number of rotatable bonds is 2. The summed E-state index contributed by atoms with van der Waals surface area (Å²) in [5, 5.41) is 0. The molecule has 0 amide bonds. The molecule has 72 valence electrons. The lowest BCUT2D eigenvalue weighted by molar-refractivity contribution is 0.0986. The van der Waals surface area contributed by atoms with E-state index in [2.05, 4.69) is 4.98 Å². The number of oxazole rings is 1. The van der Waals surface area contributed by atoms with Crippen LogP contribution in [0.2, 0.25) is 0 Å². The smallest absolute Gasteiger partial charge is 0.265 e. The number of ketones is 1. The molecular weight excluding hydrogens is 202 g/mol. The summed E-state index contributed by atoms with van der Waals surface area (Å²) in [5.74, 6) is -0.308. The molecule has 2 aromatic rings. The summed E-state index contributed by atoms with van der Waals surface area (Å²) in [7, 11) is 0. The Morgan fingerprint density at radius 3 is 3.00 bits per heavy atom. The van der Waals surface area contributed by atoms with Crippen LogP contribution >= 0.6 is 11.6 Å². The molecule has 0 N–H and O–H groups in total. The maximum Gasteiger partial charge on any atom is 0.265 e. The largest absolute Gasteiger partial charge is 0.433 e. The lowest BCUT2D eigenvalue weighted by atomic mass is 10.2. The van der Waals surface area contributed by atoms with Gasteiger partial charge in [0, 0.05) is 0 Å². The van der Waals surface area contributed by atoms with Crippen molar-refractivity contribution in [1.82, 2.24) is 4.98 Å². The van der Waals surface area contributed by atoms with Crippen LogP contribution in [0.1, 0.15) is 16.2 Å². The first-order valence-electron chi connectivity index (χ1n) is 4.17. The average molecular weight is 210 g/mol. The maximum absolute atomic E-state index is 11.2. The van der Waals surface area contributed by atoms with Gasteiger partial charge in [0.25, 0.3) is 5.89 Å². The Bertz CT molecular complexity index is 490. The molecule has 0 atom stereocenters. The average Bonchev–Trinajstić information content (AvgIpc) is 2.62. The number of halogens is 1. The Labute approximate surface area is 85.7 Å². The van der Waals surface area contributed by atoms with Crippen molar-refractivity contribution in [2.45, 2.75) is 6.92 Å². The van der Waals surface area contributed by atoms with Gasteiger partial charge in [0.15, 0.2) is 5.58 Å². The first-order chi connectivity index (χ1) is 6.72. The van der Waals surface area contributed by atoms with Crippen molar-refractivity contribution in [3.8, 4) is 0 Å². The fourth-order valence-electron chi connectivity index (χ4n) is 1.26. The van der Waals surface area contributed by atoms with Crippen LogP contribution in [0.15, 0.2) is 22.6 Å². The Morgan fingerprint density at radius 1 is 1.57 bits per heavy atom. The molecule has 1 aromatic heterocycles. The van der Waals surface area contributed by atoms with Crippen molar-refractivity contribution in [2.75, 3.05) is 5.88 Å². The number of aromatic nitrogens is 1. The van der Waals surface area contributed by atoms with Gasteiger partial charge in [-0.3, -0.25) is 4.79 Å². The normalized spacial score (nSPS) is 10.7. The summed E-state index contributed by atoms with van der Waals surface area (Å²) in [6.07, 6.45) is 0. The fourth-order valence-corrected chi connectivity index (χ4v) is 1.38. The number of hydrogen-bond acceptors (Lipinski definition) is 3. The van der Waals surface area contributed by atoms with Crippen LogP contribution in [-0.2, 0) is 0 Å². The van der Waals surface area contributed by atoms with E-state index in [1.54, 1.807) is 6.07 Å². The second-order valence-corrected chi connectivity index (χ2v) is 3.27. The number of fused-ring (bicyclic) bond motifs is 1. The number of aryl methyl sites for hydroxylation is 1. The zero-order valence-electron chi connectivity index (χ0n) is 7.58. The number of hydrogen-bond donors (Lipinski definition) is 0. The Hall–Kier alpha value is -1.35. The van der Waals surface area contributed by atoms with Gasteiger partial charge in [0.05, 0.1) is 5.88 Å². The molecule has 3 nitrogen and oxygen atoms in total. The van der Waals surface area contributed by atoms with E-state index >= 15 is 0 Å². The zero-order valence-corrected chi connectivity index (χ0v) is 8.34. The van der Waals surface area contributed by atoms with Crippen LogP contribution in [-0.4, -0.2) is 16.6 Å². The van der Waals surface area contributed by atoms with E-state index in [0.717, 1.165) is 5.56 Å². The molecule has 2 rings (SSSR count). The Morgan fingerprint density at radius 2 is 2.36 bits per heavy atom. The number of para-hydroxylation sites is 1. The minimum Gasteiger partial charge on any atom is -0.433 e. The monoisotopic (exact) mass is 209 g/mol. The standard InChI is InChI=1S/C10H8ClNO2/c1-6-3-2-4-7-9(6)14-10(12-7)8(13)5-11/h2-4H,5H2,1H3. The van der Waals surface area contributed by atoms with Crippen LogP contribution in [0, 0.1) is 6.92 Å². The molecule has 0 unspecified atom stereocenters. The molecule has 0 bridgehead atoms. The van der Waals surface area contributed by atoms with Crippen molar-refractivity contribution < 1.29 is 9.21 Å². The Balaban J connectivity index is 2.62. The van der Waals surface area contributed by atoms with E-state index in [4.69, 9.17) is 16.0 Å². The van der Waals surface area contributed by atoms with Crippen LogP contribution in [0.4, 0.5) is 0 Å². The molecule has 0 spiro atoms. The summed E-state index contributed by atoms with van der Waals surface area (Å²) in [4.78, 5) is 15.2. The molecule has 0 aliphatic carbocycles. The van der Waals surface area contributed by atoms with Crippen molar-refractivity contribution in [3.05, 3.63) is 29.7 Å². The molecule has 0 fully saturated rings. The van der Waals surface area contributed by atoms with E-state index in [1.807, 2.05) is 19.1 Å². The number of Topliss-reactive ketones (excluding diaryl/α,β-unsaturated/α-hetero) is 1. The lowest BCUT2D eigenvalue weighted by Crippen LogP contribution is -1.99. The third kappa shape index (κ3) is 1.40. The molecule has 1 heterocycles. The van der Waals surface area contributed by atoms with Gasteiger partial charge < -0.3 is 4.42 Å². The second kappa shape index (κ2) is 3.42. The highest BCUT2D eigenvalue weighted by Crippen LogP contribution is 2.19. The summed E-state index contributed by atoms with van der Waals surface area (Å²) >= 11 is 5.40. The van der Waals surface area contributed by atoms with Crippen molar-refractivity contribution in [1.29, 1.82) is 0 Å². The van der Waals surface area contributed by atoms with Gasteiger partial charge in [-0.05, 0) is 18.6 Å². The topological polar surface area (TPSA) is 43.1 Å². The number of nitrogens with zero attached hydrogens (tertiary/aromatic N) is 1. The van der Waals surface area contributed by atoms with Gasteiger partial charge in [-0.15, -0.1) is 11.6 Å². The molecule has 14 heavy (non-hydrogen) atoms. The number of carbonyl (C=O) groups excluding carboxylic acids is 1. The van der Waals surface area contributed by atoms with Crippen LogP contribution in [0.5, 0.6) is 0 Å². The van der Waals surface area contributed by atoms with Gasteiger partial charge in [0.2, 0.25) is 5.78 Å². The van der Waals surface area contributed by atoms with E-state index in [1.165, 1.54) is 0 Å². The molecule has 4 heteroatoms. The molecule has 0 saturated heterocycles.